The van der Waals surface area contributed by atoms with E-state index in [0.717, 1.165) is 16.7 Å². The van der Waals surface area contributed by atoms with Crippen molar-refractivity contribution < 1.29 is 5.11 Å². The molecule has 3 aromatic rings. The molecular weight excluding hydrogens is 256 g/mol. The molecule has 3 rings (SSSR count). The molecular formula is C20H18O. The van der Waals surface area contributed by atoms with Gasteiger partial charge in [0, 0.05) is 11.0 Å². The third-order valence-corrected chi connectivity index (χ3v) is 4.15. The summed E-state index contributed by atoms with van der Waals surface area (Å²) >= 11 is 0. The first-order chi connectivity index (χ1) is 10.2. The van der Waals surface area contributed by atoms with Crippen LogP contribution in [0, 0.1) is 0 Å². The summed E-state index contributed by atoms with van der Waals surface area (Å²) in [5.41, 5.74) is 2.87. The number of hydrogen-bond donors (Lipinski definition) is 1. The van der Waals surface area contributed by atoms with Crippen LogP contribution in [-0.4, -0.2) is 5.11 Å². The van der Waals surface area contributed by atoms with Crippen molar-refractivity contribution in [3.8, 4) is 5.75 Å². The number of rotatable bonds is 3. The summed E-state index contributed by atoms with van der Waals surface area (Å²) in [5.74, 6) is 0.327. The molecule has 0 aromatic heterocycles. The van der Waals surface area contributed by atoms with E-state index in [1.54, 1.807) is 6.07 Å². The summed E-state index contributed by atoms with van der Waals surface area (Å²) in [4.78, 5) is 0. The van der Waals surface area contributed by atoms with Crippen molar-refractivity contribution >= 4 is 0 Å². The second kappa shape index (κ2) is 5.45. The zero-order valence-corrected chi connectivity index (χ0v) is 12.0. The van der Waals surface area contributed by atoms with Crippen LogP contribution in [0.25, 0.3) is 0 Å². The zero-order chi connectivity index (χ0) is 14.7. The molecule has 0 unspecified atom stereocenters. The van der Waals surface area contributed by atoms with Crippen LogP contribution < -0.4 is 0 Å². The van der Waals surface area contributed by atoms with E-state index in [2.05, 4.69) is 31.2 Å². The quantitative estimate of drug-likeness (QED) is 0.683. The first kappa shape index (κ1) is 13.4. The predicted octanol–water partition coefficient (Wildman–Crippen LogP) is 4.75. The molecule has 0 spiro atoms. The lowest BCUT2D eigenvalue weighted by molar-refractivity contribution is 0.457. The van der Waals surface area contributed by atoms with Crippen molar-refractivity contribution in [1.29, 1.82) is 0 Å². The first-order valence-electron chi connectivity index (χ1n) is 7.12. The summed E-state index contributed by atoms with van der Waals surface area (Å²) in [6.07, 6.45) is 0. The van der Waals surface area contributed by atoms with Gasteiger partial charge in [0.25, 0.3) is 0 Å². The highest BCUT2D eigenvalue weighted by molar-refractivity contribution is 5.53. The number of phenols is 1. The fourth-order valence-corrected chi connectivity index (χ4v) is 2.92. The van der Waals surface area contributed by atoms with Crippen LogP contribution in [0.3, 0.4) is 0 Å². The van der Waals surface area contributed by atoms with E-state index in [1.165, 1.54) is 0 Å². The van der Waals surface area contributed by atoms with Crippen molar-refractivity contribution in [2.75, 3.05) is 0 Å². The second-order valence-corrected chi connectivity index (χ2v) is 5.37. The maximum atomic E-state index is 10.4. The van der Waals surface area contributed by atoms with E-state index in [0.29, 0.717) is 5.75 Å². The number of hydrogen-bond acceptors (Lipinski definition) is 1. The van der Waals surface area contributed by atoms with Crippen molar-refractivity contribution in [3.63, 3.8) is 0 Å². The average Bonchev–Trinajstić information content (AvgIpc) is 2.56. The van der Waals surface area contributed by atoms with Crippen molar-refractivity contribution in [1.82, 2.24) is 0 Å². The van der Waals surface area contributed by atoms with Gasteiger partial charge in [-0.2, -0.15) is 0 Å². The lowest BCUT2D eigenvalue weighted by atomic mass is 9.71. The maximum absolute atomic E-state index is 10.4. The second-order valence-electron chi connectivity index (χ2n) is 5.37. The Morgan fingerprint density at radius 2 is 1.05 bits per heavy atom. The Kier molecular flexibility index (Phi) is 3.49. The van der Waals surface area contributed by atoms with Gasteiger partial charge in [0.2, 0.25) is 0 Å². The highest BCUT2D eigenvalue weighted by Gasteiger charge is 2.32. The Hall–Kier alpha value is -2.54. The van der Waals surface area contributed by atoms with Crippen molar-refractivity contribution in [3.05, 3.63) is 102 Å². The van der Waals surface area contributed by atoms with Crippen LogP contribution in [0.1, 0.15) is 23.6 Å². The Labute approximate surface area is 125 Å². The fourth-order valence-electron chi connectivity index (χ4n) is 2.92. The van der Waals surface area contributed by atoms with Gasteiger partial charge in [0.15, 0.2) is 0 Å². The average molecular weight is 274 g/mol. The van der Waals surface area contributed by atoms with E-state index in [-0.39, 0.29) is 5.41 Å². The van der Waals surface area contributed by atoms with Gasteiger partial charge >= 0.3 is 0 Å². The smallest absolute Gasteiger partial charge is 0.120 e. The minimum atomic E-state index is -0.381. The number of aromatic hydroxyl groups is 1. The Morgan fingerprint density at radius 1 is 0.619 bits per heavy atom. The lowest BCUT2D eigenvalue weighted by Crippen LogP contribution is -2.25. The van der Waals surface area contributed by atoms with Gasteiger partial charge in [0.1, 0.15) is 5.75 Å². The van der Waals surface area contributed by atoms with E-state index >= 15 is 0 Å². The molecule has 104 valence electrons. The van der Waals surface area contributed by atoms with Gasteiger partial charge < -0.3 is 5.11 Å². The molecule has 0 amide bonds. The predicted molar refractivity (Wildman–Crippen MR) is 86.5 cm³/mol. The summed E-state index contributed by atoms with van der Waals surface area (Å²) in [6, 6.07) is 28.2. The number of para-hydroxylation sites is 1. The van der Waals surface area contributed by atoms with Crippen LogP contribution >= 0.6 is 0 Å². The van der Waals surface area contributed by atoms with Crippen LogP contribution in [0.2, 0.25) is 0 Å². The van der Waals surface area contributed by atoms with Crippen LogP contribution in [0.4, 0.5) is 0 Å². The molecule has 0 aliphatic carbocycles. The van der Waals surface area contributed by atoms with E-state index in [9.17, 15) is 5.11 Å². The Balaban J connectivity index is 2.29. The highest BCUT2D eigenvalue weighted by atomic mass is 16.3. The molecule has 0 bridgehead atoms. The highest BCUT2D eigenvalue weighted by Crippen LogP contribution is 2.42. The largest absolute Gasteiger partial charge is 0.508 e. The third kappa shape index (κ3) is 2.31. The van der Waals surface area contributed by atoms with Crippen LogP contribution in [0.5, 0.6) is 5.75 Å². The van der Waals surface area contributed by atoms with Gasteiger partial charge in [-0.05, 0) is 24.1 Å². The fraction of sp³-hybridized carbons (Fsp3) is 0.100. The van der Waals surface area contributed by atoms with Crippen molar-refractivity contribution in [2.45, 2.75) is 12.3 Å². The Morgan fingerprint density at radius 3 is 1.52 bits per heavy atom. The monoisotopic (exact) mass is 274 g/mol. The van der Waals surface area contributed by atoms with Crippen LogP contribution in [-0.2, 0) is 5.41 Å². The molecule has 0 saturated carbocycles. The summed E-state index contributed by atoms with van der Waals surface area (Å²) < 4.78 is 0. The minimum Gasteiger partial charge on any atom is -0.508 e. The molecule has 1 heteroatoms. The Bertz CT molecular complexity index is 678. The number of phenolic OH excluding ortho intramolecular Hbond substituents is 1. The molecule has 0 radical (unpaired) electrons. The van der Waals surface area contributed by atoms with Gasteiger partial charge in [-0.3, -0.25) is 0 Å². The molecule has 21 heavy (non-hydrogen) atoms. The van der Waals surface area contributed by atoms with E-state index in [4.69, 9.17) is 0 Å². The lowest BCUT2D eigenvalue weighted by Gasteiger charge is -2.32. The van der Waals surface area contributed by atoms with Gasteiger partial charge in [-0.1, -0.05) is 78.9 Å². The zero-order valence-electron chi connectivity index (χ0n) is 12.0. The third-order valence-electron chi connectivity index (χ3n) is 4.15. The van der Waals surface area contributed by atoms with Gasteiger partial charge in [-0.25, -0.2) is 0 Å². The minimum absolute atomic E-state index is 0.327. The topological polar surface area (TPSA) is 20.2 Å². The van der Waals surface area contributed by atoms with Gasteiger partial charge in [-0.15, -0.1) is 0 Å². The molecule has 0 aliphatic rings. The molecule has 0 aliphatic heterocycles. The molecule has 0 fully saturated rings. The maximum Gasteiger partial charge on any atom is 0.120 e. The van der Waals surface area contributed by atoms with Gasteiger partial charge in [0.05, 0.1) is 0 Å². The molecule has 1 N–H and O–H groups in total. The summed E-state index contributed by atoms with van der Waals surface area (Å²) in [5, 5.41) is 10.4. The van der Waals surface area contributed by atoms with E-state index < -0.39 is 0 Å². The van der Waals surface area contributed by atoms with E-state index in [1.807, 2.05) is 54.6 Å². The number of benzene rings is 3. The first-order valence-corrected chi connectivity index (χ1v) is 7.12. The normalized spacial score (nSPS) is 11.3. The molecule has 0 heterocycles. The summed E-state index contributed by atoms with van der Waals surface area (Å²) in [7, 11) is 0. The molecule has 0 saturated heterocycles. The molecule has 3 aromatic carbocycles. The standard InChI is InChI=1S/C20H18O/c1-20(16-10-4-2-5-11-16,17-12-6-3-7-13-17)18-14-8-9-15-19(18)21/h2-15,21H,1H3. The van der Waals surface area contributed by atoms with Crippen LogP contribution in [0.15, 0.2) is 84.9 Å². The molecule has 1 nitrogen and oxygen atoms in total. The summed E-state index contributed by atoms with van der Waals surface area (Å²) in [6.45, 7) is 2.16. The SMILES string of the molecule is CC(c1ccccc1)(c1ccccc1)c1ccccc1O. The van der Waals surface area contributed by atoms with Crippen molar-refractivity contribution in [2.24, 2.45) is 0 Å². The molecule has 0 atom stereocenters.